The van der Waals surface area contributed by atoms with Gasteiger partial charge in [-0.15, -0.1) is 0 Å². The topological polar surface area (TPSA) is 51.0 Å². The molecule has 3 aromatic carbocycles. The predicted octanol–water partition coefficient (Wildman–Crippen LogP) is 7.22. The smallest absolute Gasteiger partial charge is 0.136 e. The number of halogens is 2. The molecule has 0 fully saturated rings. The number of nitrogens with two attached hydrogens (primary N) is 1. The van der Waals surface area contributed by atoms with E-state index in [0.717, 1.165) is 52.9 Å². The van der Waals surface area contributed by atoms with E-state index in [1.807, 2.05) is 54.6 Å². The van der Waals surface area contributed by atoms with Gasteiger partial charge in [-0.25, -0.2) is 0 Å². The largest absolute Gasteiger partial charge is 0.457 e. The van der Waals surface area contributed by atoms with Crippen LogP contribution in [0.5, 0.6) is 11.5 Å². The van der Waals surface area contributed by atoms with Gasteiger partial charge in [-0.05, 0) is 67.8 Å². The Kier molecular flexibility index (Phi) is 6.10. The number of aryl methyl sites for hydroxylation is 1. The molecule has 1 heterocycles. The zero-order valence-corrected chi connectivity index (χ0v) is 17.4. The number of benzene rings is 3. The second kappa shape index (κ2) is 8.91. The number of hydrogen-bond acceptors (Lipinski definition) is 2. The van der Waals surface area contributed by atoms with Crippen LogP contribution in [0.4, 0.5) is 0 Å². The molecular weight excluding hydrogens is 403 g/mol. The number of H-pyrrole nitrogens is 1. The molecule has 148 valence electrons. The third-order valence-electron chi connectivity index (χ3n) is 4.94. The molecule has 0 spiro atoms. The Bertz CT molecular complexity index is 1120. The molecule has 1 aromatic heterocycles. The lowest BCUT2D eigenvalue weighted by molar-refractivity contribution is 0.484. The van der Waals surface area contributed by atoms with Gasteiger partial charge in [0.2, 0.25) is 0 Å². The van der Waals surface area contributed by atoms with E-state index in [0.29, 0.717) is 16.6 Å². The molecule has 0 radical (unpaired) electrons. The Labute approximate surface area is 180 Å². The second-order valence-electron chi connectivity index (χ2n) is 6.95. The molecule has 0 unspecified atom stereocenters. The molecule has 0 saturated heterocycles. The van der Waals surface area contributed by atoms with Crippen molar-refractivity contribution in [1.29, 1.82) is 0 Å². The normalized spacial score (nSPS) is 11.1. The van der Waals surface area contributed by atoms with Gasteiger partial charge >= 0.3 is 0 Å². The molecule has 4 rings (SSSR count). The van der Waals surface area contributed by atoms with Crippen LogP contribution in [0, 0.1) is 0 Å². The van der Waals surface area contributed by atoms with Crippen LogP contribution >= 0.6 is 23.2 Å². The third-order valence-corrected chi connectivity index (χ3v) is 5.46. The summed E-state index contributed by atoms with van der Waals surface area (Å²) in [6.45, 7) is 0.674. The summed E-state index contributed by atoms with van der Waals surface area (Å²) in [5, 5.41) is 2.28. The van der Waals surface area contributed by atoms with Gasteiger partial charge in [-0.2, -0.15) is 0 Å². The lowest BCUT2D eigenvalue weighted by atomic mass is 9.99. The van der Waals surface area contributed by atoms with E-state index in [1.54, 1.807) is 6.07 Å². The van der Waals surface area contributed by atoms with Crippen molar-refractivity contribution in [3.8, 4) is 22.8 Å². The molecule has 4 aromatic rings. The van der Waals surface area contributed by atoms with Crippen LogP contribution in [0.25, 0.3) is 22.2 Å². The van der Waals surface area contributed by atoms with E-state index in [1.165, 1.54) is 5.56 Å². The average Bonchev–Trinajstić information content (AvgIpc) is 3.08. The van der Waals surface area contributed by atoms with Gasteiger partial charge in [-0.1, -0.05) is 53.5 Å². The SMILES string of the molecule is NCCCCc1c(-c2ccccc2Oc2ccccc2)[nH]c2c(Cl)cc(Cl)cc12. The summed E-state index contributed by atoms with van der Waals surface area (Å²) in [6, 6.07) is 21.5. The van der Waals surface area contributed by atoms with E-state index < -0.39 is 0 Å². The van der Waals surface area contributed by atoms with Crippen LogP contribution < -0.4 is 10.5 Å². The summed E-state index contributed by atoms with van der Waals surface area (Å²) in [5.74, 6) is 1.58. The number of fused-ring (bicyclic) bond motifs is 1. The quantitative estimate of drug-likeness (QED) is 0.307. The summed E-state index contributed by atoms with van der Waals surface area (Å²) in [4.78, 5) is 3.53. The van der Waals surface area contributed by atoms with Crippen molar-refractivity contribution in [3.05, 3.63) is 82.3 Å². The minimum atomic E-state index is 0.611. The number of aromatic nitrogens is 1. The highest BCUT2D eigenvalue weighted by molar-refractivity contribution is 6.38. The molecule has 0 amide bonds. The molecule has 0 saturated carbocycles. The van der Waals surface area contributed by atoms with Gasteiger partial charge in [0.05, 0.1) is 16.2 Å². The van der Waals surface area contributed by atoms with Gasteiger partial charge in [-0.3, -0.25) is 0 Å². The molecule has 0 aliphatic rings. The molecule has 3 nitrogen and oxygen atoms in total. The first-order valence-corrected chi connectivity index (χ1v) is 10.4. The van der Waals surface area contributed by atoms with Crippen LogP contribution in [0.15, 0.2) is 66.7 Å². The maximum atomic E-state index is 6.50. The van der Waals surface area contributed by atoms with Gasteiger partial charge in [0.25, 0.3) is 0 Å². The van der Waals surface area contributed by atoms with E-state index in [2.05, 4.69) is 11.1 Å². The number of aromatic amines is 1. The van der Waals surface area contributed by atoms with Crippen molar-refractivity contribution >= 4 is 34.1 Å². The summed E-state index contributed by atoms with van der Waals surface area (Å²) in [7, 11) is 0. The Morgan fingerprint density at radius 3 is 2.45 bits per heavy atom. The summed E-state index contributed by atoms with van der Waals surface area (Å²) in [6.07, 6.45) is 2.83. The minimum Gasteiger partial charge on any atom is -0.457 e. The number of ether oxygens (including phenoxy) is 1. The Morgan fingerprint density at radius 1 is 0.897 bits per heavy atom. The number of rotatable bonds is 7. The number of para-hydroxylation sites is 2. The molecular formula is C24H22Cl2N2O. The van der Waals surface area contributed by atoms with Gasteiger partial charge in [0.1, 0.15) is 11.5 Å². The second-order valence-corrected chi connectivity index (χ2v) is 7.79. The fourth-order valence-electron chi connectivity index (χ4n) is 3.59. The van der Waals surface area contributed by atoms with Gasteiger partial charge < -0.3 is 15.5 Å². The first-order chi connectivity index (χ1) is 14.2. The van der Waals surface area contributed by atoms with Crippen LogP contribution in [-0.4, -0.2) is 11.5 Å². The van der Waals surface area contributed by atoms with E-state index in [9.17, 15) is 0 Å². The van der Waals surface area contributed by atoms with Crippen LogP contribution in [0.2, 0.25) is 10.0 Å². The third kappa shape index (κ3) is 4.27. The van der Waals surface area contributed by atoms with Crippen molar-refractivity contribution < 1.29 is 4.74 Å². The zero-order valence-electron chi connectivity index (χ0n) is 15.9. The fourth-order valence-corrected chi connectivity index (χ4v) is 4.13. The maximum absolute atomic E-state index is 6.50. The minimum absolute atomic E-state index is 0.611. The Hall–Kier alpha value is -2.46. The molecule has 0 aliphatic heterocycles. The standard InChI is InChI=1S/C24H22Cl2N2O/c25-16-14-20-18(10-6-7-13-27)23(28-24(20)21(26)15-16)19-11-4-5-12-22(19)29-17-8-2-1-3-9-17/h1-5,8-9,11-12,14-15,28H,6-7,10,13,27H2. The number of nitrogens with one attached hydrogen (secondary N) is 1. The Morgan fingerprint density at radius 2 is 1.66 bits per heavy atom. The molecule has 0 bridgehead atoms. The summed E-state index contributed by atoms with van der Waals surface area (Å²) >= 11 is 12.8. The highest BCUT2D eigenvalue weighted by Crippen LogP contribution is 2.40. The van der Waals surface area contributed by atoms with Crippen molar-refractivity contribution in [3.63, 3.8) is 0 Å². The lowest BCUT2D eigenvalue weighted by Gasteiger charge is -2.12. The van der Waals surface area contributed by atoms with E-state index in [4.69, 9.17) is 33.7 Å². The predicted molar refractivity (Wildman–Crippen MR) is 122 cm³/mol. The monoisotopic (exact) mass is 424 g/mol. The van der Waals surface area contributed by atoms with Gasteiger partial charge in [0.15, 0.2) is 0 Å². The van der Waals surface area contributed by atoms with Gasteiger partial charge in [0, 0.05) is 16.0 Å². The van der Waals surface area contributed by atoms with Crippen molar-refractivity contribution in [2.45, 2.75) is 19.3 Å². The van der Waals surface area contributed by atoms with Crippen molar-refractivity contribution in [2.75, 3.05) is 6.54 Å². The summed E-state index contributed by atoms with van der Waals surface area (Å²) < 4.78 is 6.20. The van der Waals surface area contributed by atoms with Crippen LogP contribution in [-0.2, 0) is 6.42 Å². The highest BCUT2D eigenvalue weighted by atomic mass is 35.5. The molecule has 3 N–H and O–H groups in total. The molecule has 29 heavy (non-hydrogen) atoms. The molecule has 0 atom stereocenters. The molecule has 5 heteroatoms. The number of hydrogen-bond donors (Lipinski definition) is 2. The van der Waals surface area contributed by atoms with Crippen LogP contribution in [0.1, 0.15) is 18.4 Å². The first kappa shape index (κ1) is 19.8. The van der Waals surface area contributed by atoms with E-state index >= 15 is 0 Å². The highest BCUT2D eigenvalue weighted by Gasteiger charge is 2.18. The average molecular weight is 425 g/mol. The van der Waals surface area contributed by atoms with E-state index in [-0.39, 0.29) is 0 Å². The molecule has 0 aliphatic carbocycles. The Balaban J connectivity index is 1.85. The zero-order chi connectivity index (χ0) is 20.2. The first-order valence-electron chi connectivity index (χ1n) is 9.69. The fraction of sp³-hybridized carbons (Fsp3) is 0.167. The maximum Gasteiger partial charge on any atom is 0.136 e. The van der Waals surface area contributed by atoms with Crippen molar-refractivity contribution in [2.24, 2.45) is 5.73 Å². The summed E-state index contributed by atoms with van der Waals surface area (Å²) in [5.41, 5.74) is 9.79. The van der Waals surface area contributed by atoms with Crippen LogP contribution in [0.3, 0.4) is 0 Å². The lowest BCUT2D eigenvalue weighted by Crippen LogP contribution is -1.99. The number of unbranched alkanes of at least 4 members (excludes halogenated alkanes) is 1. The van der Waals surface area contributed by atoms with Crippen molar-refractivity contribution in [1.82, 2.24) is 4.98 Å².